The third kappa shape index (κ3) is 1.31. The van der Waals surface area contributed by atoms with Gasteiger partial charge in [-0.15, -0.1) is 0 Å². The minimum absolute atomic E-state index is 0.0811. The first-order chi connectivity index (χ1) is 7.75. The van der Waals surface area contributed by atoms with Crippen LogP contribution in [0.3, 0.4) is 0 Å². The van der Waals surface area contributed by atoms with Crippen molar-refractivity contribution in [3.05, 3.63) is 35.5 Å². The monoisotopic (exact) mass is 215 g/mol. The van der Waals surface area contributed by atoms with Gasteiger partial charge in [-0.3, -0.25) is 5.10 Å². The number of fused-ring (bicyclic) bond motifs is 1. The summed E-state index contributed by atoms with van der Waals surface area (Å²) in [6.07, 6.45) is 1.95. The standard InChI is InChI=1S/C12H13N3O/c13-9-5-6-10-11(9)12(15-14-10)7-1-3-8(16)4-2-7/h1-4,9,16H,5-6,13H2,(H,14,15). The van der Waals surface area contributed by atoms with Crippen LogP contribution in [-0.4, -0.2) is 15.3 Å². The Morgan fingerprint density at radius 3 is 2.81 bits per heavy atom. The fourth-order valence-electron chi connectivity index (χ4n) is 2.26. The molecule has 1 aromatic heterocycles. The number of aromatic hydroxyl groups is 1. The number of aromatic nitrogens is 2. The van der Waals surface area contributed by atoms with Crippen molar-refractivity contribution in [3.8, 4) is 17.0 Å². The summed E-state index contributed by atoms with van der Waals surface area (Å²) in [4.78, 5) is 0. The van der Waals surface area contributed by atoms with E-state index in [0.29, 0.717) is 0 Å². The SMILES string of the molecule is NC1CCc2[nH]nc(-c3ccc(O)cc3)c21. The molecule has 3 rings (SSSR count). The molecule has 0 amide bonds. The van der Waals surface area contributed by atoms with E-state index < -0.39 is 0 Å². The lowest BCUT2D eigenvalue weighted by molar-refractivity contribution is 0.475. The van der Waals surface area contributed by atoms with Gasteiger partial charge in [-0.2, -0.15) is 5.10 Å². The van der Waals surface area contributed by atoms with Gasteiger partial charge in [0.05, 0.1) is 5.69 Å². The summed E-state index contributed by atoms with van der Waals surface area (Å²) in [6.45, 7) is 0. The number of phenols is 1. The summed E-state index contributed by atoms with van der Waals surface area (Å²) in [7, 11) is 0. The molecule has 0 spiro atoms. The van der Waals surface area contributed by atoms with E-state index in [0.717, 1.165) is 35.4 Å². The van der Waals surface area contributed by atoms with E-state index >= 15 is 0 Å². The van der Waals surface area contributed by atoms with Gasteiger partial charge < -0.3 is 10.8 Å². The average molecular weight is 215 g/mol. The van der Waals surface area contributed by atoms with E-state index in [-0.39, 0.29) is 11.8 Å². The summed E-state index contributed by atoms with van der Waals surface area (Å²) in [5.41, 5.74) is 10.2. The molecule has 4 nitrogen and oxygen atoms in total. The molecular weight excluding hydrogens is 202 g/mol. The van der Waals surface area contributed by atoms with Crippen molar-refractivity contribution in [2.24, 2.45) is 5.73 Å². The van der Waals surface area contributed by atoms with Crippen molar-refractivity contribution in [2.75, 3.05) is 0 Å². The number of nitrogens with one attached hydrogen (secondary N) is 1. The maximum atomic E-state index is 9.25. The molecule has 0 saturated carbocycles. The van der Waals surface area contributed by atoms with Crippen LogP contribution in [0.15, 0.2) is 24.3 Å². The number of nitrogens with zero attached hydrogens (tertiary/aromatic N) is 1. The first-order valence-corrected chi connectivity index (χ1v) is 5.38. The van der Waals surface area contributed by atoms with E-state index in [1.807, 2.05) is 12.1 Å². The summed E-state index contributed by atoms with van der Waals surface area (Å²) < 4.78 is 0. The van der Waals surface area contributed by atoms with Crippen LogP contribution in [0.4, 0.5) is 0 Å². The molecular formula is C12H13N3O. The van der Waals surface area contributed by atoms with Crippen LogP contribution in [0.5, 0.6) is 5.75 Å². The summed E-state index contributed by atoms with van der Waals surface area (Å²) in [5.74, 6) is 0.264. The number of aromatic amines is 1. The van der Waals surface area contributed by atoms with Gasteiger partial charge in [0, 0.05) is 22.9 Å². The van der Waals surface area contributed by atoms with Crippen LogP contribution in [0.1, 0.15) is 23.7 Å². The van der Waals surface area contributed by atoms with Crippen LogP contribution >= 0.6 is 0 Å². The van der Waals surface area contributed by atoms with Gasteiger partial charge in [-0.25, -0.2) is 0 Å². The van der Waals surface area contributed by atoms with Crippen molar-refractivity contribution >= 4 is 0 Å². The van der Waals surface area contributed by atoms with Gasteiger partial charge in [-0.05, 0) is 37.1 Å². The molecule has 2 aromatic rings. The molecule has 1 aromatic carbocycles. The molecule has 1 atom stereocenters. The Labute approximate surface area is 93.1 Å². The Balaban J connectivity index is 2.11. The van der Waals surface area contributed by atoms with Crippen LogP contribution in [0.2, 0.25) is 0 Å². The van der Waals surface area contributed by atoms with Crippen molar-refractivity contribution < 1.29 is 5.11 Å². The first kappa shape index (κ1) is 9.42. The lowest BCUT2D eigenvalue weighted by atomic mass is 10.0. The fraction of sp³-hybridized carbons (Fsp3) is 0.250. The highest BCUT2D eigenvalue weighted by atomic mass is 16.3. The summed E-state index contributed by atoms with van der Waals surface area (Å²) in [5, 5.41) is 16.6. The van der Waals surface area contributed by atoms with Gasteiger partial charge in [0.15, 0.2) is 0 Å². The smallest absolute Gasteiger partial charge is 0.115 e. The Morgan fingerprint density at radius 1 is 1.31 bits per heavy atom. The highest BCUT2D eigenvalue weighted by molar-refractivity contribution is 5.66. The van der Waals surface area contributed by atoms with Crippen molar-refractivity contribution in [2.45, 2.75) is 18.9 Å². The zero-order chi connectivity index (χ0) is 11.1. The molecule has 4 N–H and O–H groups in total. The average Bonchev–Trinajstić information content (AvgIpc) is 2.84. The number of hydrogen-bond acceptors (Lipinski definition) is 3. The van der Waals surface area contributed by atoms with Crippen LogP contribution in [0, 0.1) is 0 Å². The van der Waals surface area contributed by atoms with Gasteiger partial charge in [0.2, 0.25) is 0 Å². The maximum Gasteiger partial charge on any atom is 0.115 e. The van der Waals surface area contributed by atoms with Gasteiger partial charge in [-0.1, -0.05) is 0 Å². The third-order valence-corrected chi connectivity index (χ3v) is 3.10. The second kappa shape index (κ2) is 3.35. The van der Waals surface area contributed by atoms with Crippen LogP contribution in [-0.2, 0) is 6.42 Å². The largest absolute Gasteiger partial charge is 0.508 e. The molecule has 0 saturated heterocycles. The zero-order valence-corrected chi connectivity index (χ0v) is 8.77. The van der Waals surface area contributed by atoms with E-state index in [9.17, 15) is 5.11 Å². The predicted octanol–water partition coefficient (Wildman–Crippen LogP) is 1.73. The lowest BCUT2D eigenvalue weighted by Gasteiger charge is -2.05. The fourth-order valence-corrected chi connectivity index (χ4v) is 2.26. The molecule has 1 unspecified atom stereocenters. The number of H-pyrrole nitrogens is 1. The number of nitrogens with two attached hydrogens (primary N) is 1. The van der Waals surface area contributed by atoms with Gasteiger partial charge >= 0.3 is 0 Å². The minimum atomic E-state index is 0.0811. The first-order valence-electron chi connectivity index (χ1n) is 5.38. The van der Waals surface area contributed by atoms with Crippen molar-refractivity contribution in [3.63, 3.8) is 0 Å². The number of phenolic OH excluding ortho intramolecular Hbond substituents is 1. The van der Waals surface area contributed by atoms with Crippen LogP contribution in [0.25, 0.3) is 11.3 Å². The van der Waals surface area contributed by atoms with Gasteiger partial charge in [0.1, 0.15) is 5.75 Å². The normalized spacial score (nSPS) is 18.7. The molecule has 1 heterocycles. The van der Waals surface area contributed by atoms with Crippen LogP contribution < -0.4 is 5.73 Å². The van der Waals surface area contributed by atoms with Gasteiger partial charge in [0.25, 0.3) is 0 Å². The Hall–Kier alpha value is -1.81. The lowest BCUT2D eigenvalue weighted by Crippen LogP contribution is -2.06. The quantitative estimate of drug-likeness (QED) is 0.678. The Kier molecular flexibility index (Phi) is 1.97. The molecule has 0 fully saturated rings. The molecule has 1 aliphatic rings. The second-order valence-corrected chi connectivity index (χ2v) is 4.16. The highest BCUT2D eigenvalue weighted by Gasteiger charge is 2.25. The minimum Gasteiger partial charge on any atom is -0.508 e. The Morgan fingerprint density at radius 2 is 2.06 bits per heavy atom. The number of aryl methyl sites for hydroxylation is 1. The molecule has 82 valence electrons. The van der Waals surface area contributed by atoms with E-state index in [1.54, 1.807) is 12.1 Å². The molecule has 1 aliphatic carbocycles. The second-order valence-electron chi connectivity index (χ2n) is 4.16. The topological polar surface area (TPSA) is 74.9 Å². The molecule has 0 radical (unpaired) electrons. The number of hydrogen-bond donors (Lipinski definition) is 3. The highest BCUT2D eigenvalue weighted by Crippen LogP contribution is 2.35. The summed E-state index contributed by atoms with van der Waals surface area (Å²) in [6, 6.07) is 7.12. The van der Waals surface area contributed by atoms with E-state index in [2.05, 4.69) is 10.2 Å². The molecule has 16 heavy (non-hydrogen) atoms. The van der Waals surface area contributed by atoms with E-state index in [4.69, 9.17) is 5.73 Å². The summed E-state index contributed by atoms with van der Waals surface area (Å²) >= 11 is 0. The van der Waals surface area contributed by atoms with Crippen molar-refractivity contribution in [1.29, 1.82) is 0 Å². The number of rotatable bonds is 1. The molecule has 4 heteroatoms. The number of benzene rings is 1. The zero-order valence-electron chi connectivity index (χ0n) is 8.77. The maximum absolute atomic E-state index is 9.25. The Bertz CT molecular complexity index is 516. The van der Waals surface area contributed by atoms with Crippen molar-refractivity contribution in [1.82, 2.24) is 10.2 Å². The molecule has 0 bridgehead atoms. The predicted molar refractivity (Wildman–Crippen MR) is 60.9 cm³/mol. The molecule has 0 aliphatic heterocycles. The third-order valence-electron chi connectivity index (χ3n) is 3.10. The van der Waals surface area contributed by atoms with E-state index in [1.165, 1.54) is 0 Å².